The maximum atomic E-state index is 5.83. The second kappa shape index (κ2) is 4.58. The van der Waals surface area contributed by atoms with E-state index in [0.29, 0.717) is 11.3 Å². The SMILES string of the molecule is Cc1cnc(Cl)nc1N1CCSCC1C. The molecule has 0 amide bonds. The van der Waals surface area contributed by atoms with Crippen LogP contribution in [-0.4, -0.2) is 34.1 Å². The zero-order valence-corrected chi connectivity index (χ0v) is 10.5. The molecule has 0 spiro atoms. The van der Waals surface area contributed by atoms with Gasteiger partial charge in [0, 0.05) is 35.9 Å². The van der Waals surface area contributed by atoms with E-state index in [-0.39, 0.29) is 0 Å². The van der Waals surface area contributed by atoms with Crippen molar-refractivity contribution < 1.29 is 0 Å². The van der Waals surface area contributed by atoms with E-state index in [1.165, 1.54) is 0 Å². The van der Waals surface area contributed by atoms with Crippen molar-refractivity contribution in [1.82, 2.24) is 9.97 Å². The largest absolute Gasteiger partial charge is 0.352 e. The molecule has 1 atom stereocenters. The molecule has 82 valence electrons. The Morgan fingerprint density at radius 2 is 2.40 bits per heavy atom. The Labute approximate surface area is 99.2 Å². The van der Waals surface area contributed by atoms with Crippen molar-refractivity contribution in [2.24, 2.45) is 0 Å². The summed E-state index contributed by atoms with van der Waals surface area (Å²) >= 11 is 7.82. The molecule has 1 aliphatic heterocycles. The predicted molar refractivity (Wildman–Crippen MR) is 65.9 cm³/mol. The first-order chi connectivity index (χ1) is 7.18. The van der Waals surface area contributed by atoms with Gasteiger partial charge in [-0.3, -0.25) is 0 Å². The topological polar surface area (TPSA) is 29.0 Å². The first-order valence-corrected chi connectivity index (χ1v) is 6.55. The van der Waals surface area contributed by atoms with Crippen LogP contribution in [0.25, 0.3) is 0 Å². The van der Waals surface area contributed by atoms with Gasteiger partial charge in [0.2, 0.25) is 5.28 Å². The Bertz CT molecular complexity index is 359. The van der Waals surface area contributed by atoms with E-state index in [9.17, 15) is 0 Å². The number of aryl methyl sites for hydroxylation is 1. The van der Waals surface area contributed by atoms with E-state index in [2.05, 4.69) is 21.8 Å². The van der Waals surface area contributed by atoms with Crippen molar-refractivity contribution in [3.05, 3.63) is 17.0 Å². The lowest BCUT2D eigenvalue weighted by Gasteiger charge is -2.34. The Morgan fingerprint density at radius 1 is 1.60 bits per heavy atom. The van der Waals surface area contributed by atoms with E-state index < -0.39 is 0 Å². The average molecular weight is 244 g/mol. The molecule has 1 aromatic heterocycles. The summed E-state index contributed by atoms with van der Waals surface area (Å²) in [5.74, 6) is 3.30. The third kappa shape index (κ3) is 2.37. The molecule has 1 aromatic rings. The predicted octanol–water partition coefficient (Wildman–Crippen LogP) is 2.38. The fourth-order valence-corrected chi connectivity index (χ4v) is 2.89. The molecule has 0 aliphatic carbocycles. The Kier molecular flexibility index (Phi) is 3.36. The molecule has 0 bridgehead atoms. The third-order valence-corrected chi connectivity index (χ3v) is 3.93. The number of rotatable bonds is 1. The minimum absolute atomic E-state index is 0.334. The van der Waals surface area contributed by atoms with Crippen LogP contribution in [0.5, 0.6) is 0 Å². The van der Waals surface area contributed by atoms with Crippen molar-refractivity contribution in [1.29, 1.82) is 0 Å². The molecule has 5 heteroatoms. The molecule has 15 heavy (non-hydrogen) atoms. The van der Waals surface area contributed by atoms with Gasteiger partial charge in [-0.1, -0.05) is 0 Å². The quantitative estimate of drug-likeness (QED) is 0.709. The maximum absolute atomic E-state index is 5.83. The highest BCUT2D eigenvalue weighted by Gasteiger charge is 2.21. The molecule has 1 unspecified atom stereocenters. The standard InChI is InChI=1S/C10H14ClN3S/c1-7-5-12-10(11)13-9(7)14-3-4-15-6-8(14)2/h5,8H,3-4,6H2,1-2H3. The summed E-state index contributed by atoms with van der Waals surface area (Å²) in [5.41, 5.74) is 1.10. The summed E-state index contributed by atoms with van der Waals surface area (Å²) in [6.07, 6.45) is 1.79. The molecular formula is C10H14ClN3S. The summed E-state index contributed by atoms with van der Waals surface area (Å²) in [7, 11) is 0. The van der Waals surface area contributed by atoms with E-state index in [4.69, 9.17) is 11.6 Å². The number of hydrogen-bond acceptors (Lipinski definition) is 4. The van der Waals surface area contributed by atoms with Crippen LogP contribution in [0.15, 0.2) is 6.20 Å². The summed E-state index contributed by atoms with van der Waals surface area (Å²) in [4.78, 5) is 10.6. The second-order valence-electron chi connectivity index (χ2n) is 3.76. The van der Waals surface area contributed by atoms with Gasteiger partial charge in [-0.15, -0.1) is 0 Å². The average Bonchev–Trinajstić information content (AvgIpc) is 2.23. The van der Waals surface area contributed by atoms with Gasteiger partial charge in [-0.05, 0) is 25.4 Å². The lowest BCUT2D eigenvalue weighted by Crippen LogP contribution is -2.41. The lowest BCUT2D eigenvalue weighted by atomic mass is 10.2. The summed E-state index contributed by atoms with van der Waals surface area (Å²) in [6, 6.07) is 0.522. The molecule has 1 fully saturated rings. The first kappa shape index (κ1) is 11.0. The van der Waals surface area contributed by atoms with Gasteiger partial charge in [0.1, 0.15) is 5.82 Å². The lowest BCUT2D eigenvalue weighted by molar-refractivity contribution is 0.685. The van der Waals surface area contributed by atoms with Crippen LogP contribution in [0.3, 0.4) is 0 Å². The van der Waals surface area contributed by atoms with E-state index in [1.807, 2.05) is 18.7 Å². The molecule has 0 N–H and O–H groups in total. The minimum Gasteiger partial charge on any atom is -0.352 e. The summed E-state index contributed by atoms with van der Waals surface area (Å²) in [6.45, 7) is 5.29. The van der Waals surface area contributed by atoms with Gasteiger partial charge in [0.15, 0.2) is 0 Å². The monoisotopic (exact) mass is 243 g/mol. The van der Waals surface area contributed by atoms with Crippen molar-refractivity contribution >= 4 is 29.2 Å². The van der Waals surface area contributed by atoms with Crippen molar-refractivity contribution in [3.63, 3.8) is 0 Å². The number of hydrogen-bond donors (Lipinski definition) is 0. The van der Waals surface area contributed by atoms with E-state index >= 15 is 0 Å². The van der Waals surface area contributed by atoms with Crippen LogP contribution >= 0.6 is 23.4 Å². The van der Waals surface area contributed by atoms with E-state index in [0.717, 1.165) is 29.4 Å². The summed E-state index contributed by atoms with van der Waals surface area (Å²) in [5, 5.41) is 0.334. The first-order valence-electron chi connectivity index (χ1n) is 5.02. The summed E-state index contributed by atoms with van der Waals surface area (Å²) < 4.78 is 0. The molecule has 2 rings (SSSR count). The highest BCUT2D eigenvalue weighted by Crippen LogP contribution is 2.25. The number of aromatic nitrogens is 2. The van der Waals surface area contributed by atoms with E-state index in [1.54, 1.807) is 6.20 Å². The van der Waals surface area contributed by atoms with Gasteiger partial charge < -0.3 is 4.90 Å². The van der Waals surface area contributed by atoms with Gasteiger partial charge in [0.05, 0.1) is 0 Å². The highest BCUT2D eigenvalue weighted by atomic mass is 35.5. The molecule has 2 heterocycles. The fraction of sp³-hybridized carbons (Fsp3) is 0.600. The molecule has 0 saturated carbocycles. The second-order valence-corrected chi connectivity index (χ2v) is 5.25. The zero-order chi connectivity index (χ0) is 10.8. The van der Waals surface area contributed by atoms with Gasteiger partial charge in [0.25, 0.3) is 0 Å². The Morgan fingerprint density at radius 3 is 3.13 bits per heavy atom. The number of anilines is 1. The van der Waals surface area contributed by atoms with Crippen LogP contribution in [0.2, 0.25) is 5.28 Å². The zero-order valence-electron chi connectivity index (χ0n) is 8.90. The van der Waals surface area contributed by atoms with Gasteiger partial charge in [-0.25, -0.2) is 9.97 Å². The molecule has 0 radical (unpaired) electrons. The van der Waals surface area contributed by atoms with Crippen molar-refractivity contribution in [3.8, 4) is 0 Å². The number of halogens is 1. The van der Waals surface area contributed by atoms with Crippen molar-refractivity contribution in [2.45, 2.75) is 19.9 Å². The Balaban J connectivity index is 2.30. The van der Waals surface area contributed by atoms with Crippen molar-refractivity contribution in [2.75, 3.05) is 23.0 Å². The molecule has 3 nitrogen and oxygen atoms in total. The van der Waals surface area contributed by atoms with Crippen LogP contribution in [0, 0.1) is 6.92 Å². The van der Waals surface area contributed by atoms with Gasteiger partial charge >= 0.3 is 0 Å². The van der Waals surface area contributed by atoms with Crippen LogP contribution < -0.4 is 4.90 Å². The number of nitrogens with zero attached hydrogens (tertiary/aromatic N) is 3. The maximum Gasteiger partial charge on any atom is 0.224 e. The fourth-order valence-electron chi connectivity index (χ4n) is 1.74. The van der Waals surface area contributed by atoms with Crippen LogP contribution in [0.4, 0.5) is 5.82 Å². The smallest absolute Gasteiger partial charge is 0.224 e. The minimum atomic E-state index is 0.334. The molecule has 0 aromatic carbocycles. The Hall–Kier alpha value is -0.480. The normalized spacial score (nSPS) is 21.8. The third-order valence-electron chi connectivity index (χ3n) is 2.56. The molecular weight excluding hydrogens is 230 g/mol. The van der Waals surface area contributed by atoms with Crippen LogP contribution in [-0.2, 0) is 0 Å². The highest BCUT2D eigenvalue weighted by molar-refractivity contribution is 7.99. The molecule has 1 aliphatic rings. The number of thioether (sulfide) groups is 1. The van der Waals surface area contributed by atoms with Gasteiger partial charge in [-0.2, -0.15) is 11.8 Å². The molecule has 1 saturated heterocycles. The van der Waals surface area contributed by atoms with Crippen LogP contribution in [0.1, 0.15) is 12.5 Å².